The molecule has 1 amide bonds. The van der Waals surface area contributed by atoms with Gasteiger partial charge >= 0.3 is 0 Å². The number of carbonyl (C=O) groups is 1. The molecule has 6 heteroatoms. The monoisotopic (exact) mass is 506 g/mol. The Morgan fingerprint density at radius 2 is 1.90 bits per heavy atom. The molecule has 2 atom stereocenters. The van der Waals surface area contributed by atoms with Crippen LogP contribution in [0, 0.1) is 3.57 Å². The molecule has 1 saturated heterocycles. The molecule has 0 radical (unpaired) electrons. The molecule has 0 aliphatic carbocycles. The van der Waals surface area contributed by atoms with Crippen molar-refractivity contribution in [1.82, 2.24) is 0 Å². The zero-order valence-corrected chi connectivity index (χ0v) is 19.3. The standard InChI is InChI=1S/C23H27IN2O3/c1-5-13-26(23(27)20-7-6-8-21(28-4)22(20)24)19-11-9-18(10-12-19)25-14-16(2)29-17(3)15-25/h5-12,16-17H,1,13-15H2,2-4H3/t16-,17+. The highest BCUT2D eigenvalue weighted by Crippen LogP contribution is 2.28. The third-order valence-electron chi connectivity index (χ3n) is 4.92. The van der Waals surface area contributed by atoms with Crippen LogP contribution in [-0.4, -0.2) is 44.9 Å². The third-order valence-corrected chi connectivity index (χ3v) is 6.03. The highest BCUT2D eigenvalue weighted by molar-refractivity contribution is 14.1. The number of morpholine rings is 1. The molecule has 0 aromatic heterocycles. The Balaban J connectivity index is 1.86. The quantitative estimate of drug-likeness (QED) is 0.419. The lowest BCUT2D eigenvalue weighted by Gasteiger charge is -2.37. The summed E-state index contributed by atoms with van der Waals surface area (Å²) in [5.41, 5.74) is 2.59. The van der Waals surface area contributed by atoms with Crippen LogP contribution in [0.25, 0.3) is 0 Å². The van der Waals surface area contributed by atoms with Gasteiger partial charge in [0.05, 0.1) is 28.5 Å². The Bertz CT molecular complexity index is 859. The van der Waals surface area contributed by atoms with Crippen LogP contribution in [0.4, 0.5) is 11.4 Å². The number of benzene rings is 2. The van der Waals surface area contributed by atoms with Gasteiger partial charge in [0, 0.05) is 31.0 Å². The lowest BCUT2D eigenvalue weighted by atomic mass is 10.1. The number of carbonyl (C=O) groups excluding carboxylic acids is 1. The average Bonchev–Trinajstić information content (AvgIpc) is 2.71. The van der Waals surface area contributed by atoms with E-state index in [1.807, 2.05) is 30.3 Å². The van der Waals surface area contributed by atoms with Crippen molar-refractivity contribution in [2.45, 2.75) is 26.1 Å². The average molecular weight is 506 g/mol. The lowest BCUT2D eigenvalue weighted by Crippen LogP contribution is -2.45. The van der Waals surface area contributed by atoms with E-state index in [4.69, 9.17) is 9.47 Å². The molecule has 0 bridgehead atoms. The zero-order chi connectivity index (χ0) is 21.0. The van der Waals surface area contributed by atoms with Gasteiger partial charge in [-0.1, -0.05) is 12.1 Å². The summed E-state index contributed by atoms with van der Waals surface area (Å²) in [7, 11) is 1.61. The summed E-state index contributed by atoms with van der Waals surface area (Å²) < 4.78 is 12.0. The first-order chi connectivity index (χ1) is 13.9. The van der Waals surface area contributed by atoms with Crippen LogP contribution in [0.15, 0.2) is 55.1 Å². The first-order valence-corrected chi connectivity index (χ1v) is 10.8. The molecule has 0 saturated carbocycles. The molecule has 0 spiro atoms. The highest BCUT2D eigenvalue weighted by atomic mass is 127. The number of rotatable bonds is 6. The number of methoxy groups -OCH3 is 1. The number of ether oxygens (including phenoxy) is 2. The van der Waals surface area contributed by atoms with Crippen LogP contribution < -0.4 is 14.5 Å². The first kappa shape index (κ1) is 21.6. The summed E-state index contributed by atoms with van der Waals surface area (Å²) in [4.78, 5) is 17.3. The number of amides is 1. The van der Waals surface area contributed by atoms with Crippen molar-refractivity contribution in [2.75, 3.05) is 36.5 Å². The second-order valence-electron chi connectivity index (χ2n) is 7.20. The van der Waals surface area contributed by atoms with E-state index in [0.717, 1.165) is 28.0 Å². The second kappa shape index (κ2) is 9.63. The molecular weight excluding hydrogens is 479 g/mol. The topological polar surface area (TPSA) is 42.0 Å². The molecule has 1 heterocycles. The Labute approximate surface area is 186 Å². The van der Waals surface area contributed by atoms with E-state index in [1.54, 1.807) is 18.1 Å². The van der Waals surface area contributed by atoms with E-state index in [9.17, 15) is 4.79 Å². The van der Waals surface area contributed by atoms with Gasteiger partial charge in [0.2, 0.25) is 0 Å². The highest BCUT2D eigenvalue weighted by Gasteiger charge is 2.24. The van der Waals surface area contributed by atoms with Crippen molar-refractivity contribution in [1.29, 1.82) is 0 Å². The fraction of sp³-hybridized carbons (Fsp3) is 0.348. The van der Waals surface area contributed by atoms with E-state index >= 15 is 0 Å². The minimum absolute atomic E-state index is 0.0745. The van der Waals surface area contributed by atoms with E-state index in [1.165, 1.54) is 0 Å². The number of halogens is 1. The van der Waals surface area contributed by atoms with Gasteiger partial charge in [-0.2, -0.15) is 0 Å². The van der Waals surface area contributed by atoms with Crippen LogP contribution in [0.2, 0.25) is 0 Å². The molecule has 1 aliphatic rings. The van der Waals surface area contributed by atoms with Gasteiger partial charge in [-0.05, 0) is 72.8 Å². The molecule has 29 heavy (non-hydrogen) atoms. The van der Waals surface area contributed by atoms with Gasteiger partial charge in [-0.3, -0.25) is 4.79 Å². The van der Waals surface area contributed by atoms with Crippen LogP contribution in [-0.2, 0) is 4.74 Å². The summed E-state index contributed by atoms with van der Waals surface area (Å²) in [6, 6.07) is 13.6. The van der Waals surface area contributed by atoms with Crippen molar-refractivity contribution in [2.24, 2.45) is 0 Å². The van der Waals surface area contributed by atoms with E-state index in [0.29, 0.717) is 17.9 Å². The predicted molar refractivity (Wildman–Crippen MR) is 126 cm³/mol. The normalized spacial score (nSPS) is 19.0. The van der Waals surface area contributed by atoms with Gasteiger partial charge in [0.15, 0.2) is 0 Å². The largest absolute Gasteiger partial charge is 0.496 e. The lowest BCUT2D eigenvalue weighted by molar-refractivity contribution is -0.00521. The van der Waals surface area contributed by atoms with Gasteiger partial charge in [0.1, 0.15) is 5.75 Å². The van der Waals surface area contributed by atoms with E-state index in [-0.39, 0.29) is 18.1 Å². The van der Waals surface area contributed by atoms with Crippen molar-refractivity contribution in [3.05, 3.63) is 64.3 Å². The Morgan fingerprint density at radius 3 is 2.48 bits per heavy atom. The molecule has 0 N–H and O–H groups in total. The Morgan fingerprint density at radius 1 is 1.24 bits per heavy atom. The minimum atomic E-state index is -0.0745. The molecule has 3 rings (SSSR count). The molecule has 2 aromatic rings. The SMILES string of the molecule is C=CCN(C(=O)c1cccc(OC)c1I)c1ccc(N2C[C@@H](C)O[C@@H](C)C2)cc1. The molecule has 0 unspecified atom stereocenters. The fourth-order valence-corrected chi connectivity index (χ4v) is 4.46. The predicted octanol–water partition coefficient (Wildman–Crippen LogP) is 4.75. The molecule has 2 aromatic carbocycles. The first-order valence-electron chi connectivity index (χ1n) is 9.70. The molecule has 1 aliphatic heterocycles. The Kier molecular flexibility index (Phi) is 7.18. The van der Waals surface area contributed by atoms with Gasteiger partial charge < -0.3 is 19.3 Å². The molecular formula is C23H27IN2O3. The van der Waals surface area contributed by atoms with Crippen molar-refractivity contribution < 1.29 is 14.3 Å². The van der Waals surface area contributed by atoms with Crippen LogP contribution >= 0.6 is 22.6 Å². The van der Waals surface area contributed by atoms with Crippen molar-refractivity contribution in [3.63, 3.8) is 0 Å². The smallest absolute Gasteiger partial charge is 0.259 e. The number of nitrogens with zero attached hydrogens (tertiary/aromatic N) is 2. The van der Waals surface area contributed by atoms with Gasteiger partial charge in [-0.15, -0.1) is 6.58 Å². The van der Waals surface area contributed by atoms with Crippen molar-refractivity contribution in [3.8, 4) is 5.75 Å². The molecule has 154 valence electrons. The molecule has 5 nitrogen and oxygen atoms in total. The number of hydrogen-bond donors (Lipinski definition) is 0. The van der Waals surface area contributed by atoms with E-state index in [2.05, 4.69) is 60.0 Å². The zero-order valence-electron chi connectivity index (χ0n) is 17.1. The summed E-state index contributed by atoms with van der Waals surface area (Å²) in [5.74, 6) is 0.621. The van der Waals surface area contributed by atoms with Crippen molar-refractivity contribution >= 4 is 39.9 Å². The van der Waals surface area contributed by atoms with Gasteiger partial charge in [0.25, 0.3) is 5.91 Å². The Hall–Kier alpha value is -2.06. The maximum atomic E-state index is 13.3. The van der Waals surface area contributed by atoms with Gasteiger partial charge in [-0.25, -0.2) is 0 Å². The molecule has 1 fully saturated rings. The third kappa shape index (κ3) is 4.93. The summed E-state index contributed by atoms with van der Waals surface area (Å²) >= 11 is 2.16. The minimum Gasteiger partial charge on any atom is -0.496 e. The number of anilines is 2. The summed E-state index contributed by atoms with van der Waals surface area (Å²) in [6.45, 7) is 10.2. The van der Waals surface area contributed by atoms with Crippen LogP contribution in [0.5, 0.6) is 5.75 Å². The summed E-state index contributed by atoms with van der Waals surface area (Å²) in [5, 5.41) is 0. The second-order valence-corrected chi connectivity index (χ2v) is 8.28. The maximum absolute atomic E-state index is 13.3. The summed E-state index contributed by atoms with van der Waals surface area (Å²) in [6.07, 6.45) is 2.14. The maximum Gasteiger partial charge on any atom is 0.259 e. The van der Waals surface area contributed by atoms with E-state index < -0.39 is 0 Å². The number of hydrogen-bond acceptors (Lipinski definition) is 4. The van der Waals surface area contributed by atoms with Crippen LogP contribution in [0.3, 0.4) is 0 Å². The fourth-order valence-electron chi connectivity index (χ4n) is 3.65. The van der Waals surface area contributed by atoms with Crippen LogP contribution in [0.1, 0.15) is 24.2 Å².